The summed E-state index contributed by atoms with van der Waals surface area (Å²) in [6, 6.07) is 0.917. The molecule has 32 heavy (non-hydrogen) atoms. The fourth-order valence-electron chi connectivity index (χ4n) is 2.57. The highest BCUT2D eigenvalue weighted by atomic mass is 32.1. The van der Waals surface area contributed by atoms with Crippen molar-refractivity contribution < 1.29 is 27.5 Å². The molecule has 1 amide bonds. The summed E-state index contributed by atoms with van der Waals surface area (Å²) in [7, 11) is 1.59. The van der Waals surface area contributed by atoms with E-state index >= 15 is 0 Å². The van der Waals surface area contributed by atoms with Gasteiger partial charge in [-0.05, 0) is 31.7 Å². The smallest absolute Gasteiger partial charge is 0.435 e. The Balaban J connectivity index is 1.83. The number of rotatable bonds is 8. The van der Waals surface area contributed by atoms with E-state index < -0.39 is 17.8 Å². The molecule has 11 heteroatoms. The van der Waals surface area contributed by atoms with Crippen LogP contribution in [0.1, 0.15) is 61.0 Å². The van der Waals surface area contributed by atoms with Gasteiger partial charge in [0.2, 0.25) is 5.91 Å². The first-order valence-corrected chi connectivity index (χ1v) is 11.1. The van der Waals surface area contributed by atoms with E-state index in [2.05, 4.69) is 10.1 Å². The minimum absolute atomic E-state index is 0.172. The van der Waals surface area contributed by atoms with Crippen molar-refractivity contribution in [2.75, 3.05) is 13.6 Å². The fourth-order valence-corrected chi connectivity index (χ4v) is 3.38. The molecule has 2 heterocycles. The number of esters is 1. The molecule has 0 bridgehead atoms. The Morgan fingerprint density at radius 1 is 1.28 bits per heavy atom. The van der Waals surface area contributed by atoms with Crippen molar-refractivity contribution in [3.63, 3.8) is 0 Å². The number of hydrogen-bond donors (Lipinski definition) is 0. The van der Waals surface area contributed by atoms with Crippen molar-refractivity contribution in [1.82, 2.24) is 19.7 Å². The largest absolute Gasteiger partial charge is 0.457 e. The predicted octanol–water partition coefficient (Wildman–Crippen LogP) is 4.35. The van der Waals surface area contributed by atoms with Crippen molar-refractivity contribution in [3.05, 3.63) is 33.5 Å². The van der Waals surface area contributed by atoms with Gasteiger partial charge in [-0.15, -0.1) is 11.3 Å². The van der Waals surface area contributed by atoms with Gasteiger partial charge in [0.15, 0.2) is 11.4 Å². The molecule has 0 saturated carbocycles. The number of aromatic nitrogens is 3. The molecule has 0 aliphatic heterocycles. The van der Waals surface area contributed by atoms with Crippen molar-refractivity contribution in [2.45, 2.75) is 66.3 Å². The van der Waals surface area contributed by atoms with Gasteiger partial charge in [-0.25, -0.2) is 9.78 Å². The highest BCUT2D eigenvalue weighted by Crippen LogP contribution is 2.28. The summed E-state index contributed by atoms with van der Waals surface area (Å²) in [6.07, 6.45) is -3.66. The molecule has 0 N–H and O–H groups in total. The highest BCUT2D eigenvalue weighted by Gasteiger charge is 2.34. The zero-order valence-corrected chi connectivity index (χ0v) is 19.9. The number of amides is 1. The van der Waals surface area contributed by atoms with E-state index in [1.165, 1.54) is 23.2 Å². The van der Waals surface area contributed by atoms with Crippen LogP contribution < -0.4 is 0 Å². The maximum Gasteiger partial charge on any atom is 0.435 e. The fraction of sp³-hybridized carbons (Fsp3) is 0.619. The number of aryl methyl sites for hydroxylation is 2. The number of halogens is 3. The van der Waals surface area contributed by atoms with E-state index in [1.807, 2.05) is 27.7 Å². The van der Waals surface area contributed by atoms with Crippen molar-refractivity contribution in [1.29, 1.82) is 0 Å². The lowest BCUT2D eigenvalue weighted by Gasteiger charge is -2.26. The first-order chi connectivity index (χ1) is 14.7. The number of thiazole rings is 1. The minimum Gasteiger partial charge on any atom is -0.457 e. The van der Waals surface area contributed by atoms with Crippen molar-refractivity contribution >= 4 is 23.2 Å². The third-order valence-electron chi connectivity index (χ3n) is 5.13. The van der Waals surface area contributed by atoms with Crippen LogP contribution in [0.3, 0.4) is 0 Å². The zero-order chi connectivity index (χ0) is 24.3. The molecule has 0 saturated heterocycles. The van der Waals surface area contributed by atoms with Crippen LogP contribution in [0.4, 0.5) is 13.2 Å². The monoisotopic (exact) mass is 474 g/mol. The summed E-state index contributed by atoms with van der Waals surface area (Å²) in [6.45, 7) is 9.40. The molecule has 0 aromatic carbocycles. The Bertz CT molecular complexity index is 947. The first-order valence-electron chi connectivity index (χ1n) is 10.2. The van der Waals surface area contributed by atoms with Crippen LogP contribution in [-0.2, 0) is 28.7 Å². The van der Waals surface area contributed by atoms with E-state index in [0.29, 0.717) is 19.4 Å². The average Bonchev–Trinajstić information content (AvgIpc) is 3.27. The van der Waals surface area contributed by atoms with Gasteiger partial charge in [0.1, 0.15) is 12.6 Å². The Morgan fingerprint density at radius 3 is 2.50 bits per heavy atom. The maximum atomic E-state index is 12.8. The molecule has 178 valence electrons. The average molecular weight is 475 g/mol. The summed E-state index contributed by atoms with van der Waals surface area (Å²) >= 11 is 1.35. The molecular weight excluding hydrogens is 445 g/mol. The number of carbonyl (C=O) groups is 2. The van der Waals surface area contributed by atoms with Crippen LogP contribution in [0.15, 0.2) is 11.4 Å². The van der Waals surface area contributed by atoms with Crippen LogP contribution in [0.25, 0.3) is 0 Å². The standard InChI is InChI=1S/C21H29F3N4O3S/c1-13-10-16(21(22,23)24)26-28(13)11-18(29)27(6)9-7-8-17-25-15(12-32-17)19(30)31-14(2)20(3,4)5/h10,12,14H,7-9,11H2,1-6H3. The highest BCUT2D eigenvalue weighted by molar-refractivity contribution is 7.09. The quantitative estimate of drug-likeness (QED) is 0.532. The normalized spacial score (nSPS) is 13.2. The Hall–Kier alpha value is -2.43. The second kappa shape index (κ2) is 10.0. The van der Waals surface area contributed by atoms with E-state index in [4.69, 9.17) is 4.74 Å². The molecule has 1 atom stereocenters. The maximum absolute atomic E-state index is 12.8. The summed E-state index contributed by atoms with van der Waals surface area (Å²) in [5, 5.41) is 5.88. The number of carbonyl (C=O) groups excluding carboxylic acids is 2. The zero-order valence-electron chi connectivity index (χ0n) is 19.1. The number of hydrogen-bond acceptors (Lipinski definition) is 6. The summed E-state index contributed by atoms with van der Waals surface area (Å²) in [4.78, 5) is 30.4. The van der Waals surface area contributed by atoms with Crippen molar-refractivity contribution in [2.24, 2.45) is 5.41 Å². The molecule has 0 fully saturated rings. The number of alkyl halides is 3. The van der Waals surface area contributed by atoms with Crippen LogP contribution in [0, 0.1) is 12.3 Å². The van der Waals surface area contributed by atoms with Crippen LogP contribution in [0.5, 0.6) is 0 Å². The van der Waals surface area contributed by atoms with Gasteiger partial charge in [-0.3, -0.25) is 9.48 Å². The number of nitrogens with zero attached hydrogens (tertiary/aromatic N) is 4. The van der Waals surface area contributed by atoms with Gasteiger partial charge in [0.05, 0.1) is 5.01 Å². The van der Waals surface area contributed by atoms with Crippen molar-refractivity contribution in [3.8, 4) is 0 Å². The SMILES string of the molecule is Cc1cc(C(F)(F)F)nn1CC(=O)N(C)CCCc1nc(C(=O)OC(C)C(C)(C)C)cs1. The minimum atomic E-state index is -4.55. The van der Waals surface area contributed by atoms with Gasteiger partial charge >= 0.3 is 12.1 Å². The van der Waals surface area contributed by atoms with Gasteiger partial charge in [0, 0.05) is 31.1 Å². The van der Waals surface area contributed by atoms with Gasteiger partial charge in [0.25, 0.3) is 0 Å². The summed E-state index contributed by atoms with van der Waals surface area (Å²) in [5.41, 5.74) is -0.656. The van der Waals surface area contributed by atoms with E-state index in [1.54, 1.807) is 12.4 Å². The molecule has 1 unspecified atom stereocenters. The lowest BCUT2D eigenvalue weighted by atomic mass is 9.90. The van der Waals surface area contributed by atoms with Crippen LogP contribution >= 0.6 is 11.3 Å². The first kappa shape index (κ1) is 25.8. The molecule has 0 radical (unpaired) electrons. The lowest BCUT2D eigenvalue weighted by Crippen LogP contribution is -2.32. The van der Waals surface area contributed by atoms with E-state index in [0.717, 1.165) is 15.8 Å². The molecule has 2 rings (SSSR count). The van der Waals surface area contributed by atoms with E-state index in [9.17, 15) is 22.8 Å². The topological polar surface area (TPSA) is 77.3 Å². The molecule has 0 aliphatic carbocycles. The molecular formula is C21H29F3N4O3S. The third kappa shape index (κ3) is 7.04. The molecule has 0 spiro atoms. The Kier molecular flexibility index (Phi) is 8.08. The molecule has 0 aliphatic rings. The van der Waals surface area contributed by atoms with Gasteiger partial charge in [-0.2, -0.15) is 18.3 Å². The Morgan fingerprint density at radius 2 is 1.94 bits per heavy atom. The molecule has 2 aromatic rings. The molecule has 2 aromatic heterocycles. The predicted molar refractivity (Wildman–Crippen MR) is 114 cm³/mol. The summed E-state index contributed by atoms with van der Waals surface area (Å²) < 4.78 is 44.8. The summed E-state index contributed by atoms with van der Waals surface area (Å²) in [5.74, 6) is -0.806. The number of ether oxygens (including phenoxy) is 1. The van der Waals surface area contributed by atoms with E-state index in [-0.39, 0.29) is 35.4 Å². The third-order valence-corrected chi connectivity index (χ3v) is 6.04. The van der Waals surface area contributed by atoms with Gasteiger partial charge < -0.3 is 9.64 Å². The number of likely N-dealkylation sites (N-methyl/N-ethyl adjacent to an activating group) is 1. The Labute approximate surface area is 189 Å². The molecule has 7 nitrogen and oxygen atoms in total. The van der Waals surface area contributed by atoms with Crippen LogP contribution in [0.2, 0.25) is 0 Å². The van der Waals surface area contributed by atoms with Crippen LogP contribution in [-0.4, -0.2) is 51.2 Å². The second-order valence-corrected chi connectivity index (χ2v) is 9.73. The van der Waals surface area contributed by atoms with Gasteiger partial charge in [-0.1, -0.05) is 20.8 Å². The second-order valence-electron chi connectivity index (χ2n) is 8.79. The lowest BCUT2D eigenvalue weighted by molar-refractivity contribution is -0.142.